The Morgan fingerprint density at radius 3 is 2.89 bits per heavy atom. The molecule has 5 nitrogen and oxygen atoms in total. The lowest BCUT2D eigenvalue weighted by molar-refractivity contribution is 0.386. The minimum absolute atomic E-state index is 0.0543. The average molecular weight is 250 g/mol. The lowest BCUT2D eigenvalue weighted by Crippen LogP contribution is -2.22. The topological polar surface area (TPSA) is 63.8 Å². The van der Waals surface area contributed by atoms with Crippen molar-refractivity contribution in [2.45, 2.75) is 26.3 Å². The number of pyridine rings is 1. The fourth-order valence-electron chi connectivity index (χ4n) is 1.59. The Morgan fingerprint density at radius 1 is 1.44 bits per heavy atom. The summed E-state index contributed by atoms with van der Waals surface area (Å²) < 4.78 is 17.6. The first-order valence-electron chi connectivity index (χ1n) is 5.79. The summed E-state index contributed by atoms with van der Waals surface area (Å²) in [7, 11) is 0. The van der Waals surface area contributed by atoms with Crippen molar-refractivity contribution in [3.8, 4) is 0 Å². The molecule has 0 aromatic carbocycles. The van der Waals surface area contributed by atoms with Crippen LogP contribution in [-0.2, 0) is 6.42 Å². The highest BCUT2D eigenvalue weighted by atomic mass is 19.1. The highest BCUT2D eigenvalue weighted by molar-refractivity contribution is 5.08. The molecule has 0 aliphatic carbocycles. The molecule has 0 radical (unpaired) electrons. The summed E-state index contributed by atoms with van der Waals surface area (Å²) in [6.07, 6.45) is 1.90. The van der Waals surface area contributed by atoms with Crippen molar-refractivity contribution in [3.05, 3.63) is 41.6 Å². The van der Waals surface area contributed by atoms with Gasteiger partial charge in [-0.1, -0.05) is 5.16 Å². The number of rotatable bonds is 5. The minimum atomic E-state index is -0.326. The zero-order chi connectivity index (χ0) is 13.0. The van der Waals surface area contributed by atoms with Crippen molar-refractivity contribution >= 4 is 0 Å². The van der Waals surface area contributed by atoms with Gasteiger partial charge in [0.05, 0.1) is 11.9 Å². The molecule has 0 bridgehead atoms. The molecule has 1 unspecified atom stereocenters. The fraction of sp³-hybridized carbons (Fsp3) is 0.417. The smallest absolute Gasteiger partial charge is 0.223 e. The van der Waals surface area contributed by atoms with Crippen molar-refractivity contribution in [1.29, 1.82) is 0 Å². The number of hydrogen-bond donors (Lipinski definition) is 1. The first-order chi connectivity index (χ1) is 8.65. The third-order valence-electron chi connectivity index (χ3n) is 2.56. The molecule has 0 fully saturated rings. The summed E-state index contributed by atoms with van der Waals surface area (Å²) in [6, 6.07) is 3.13. The van der Waals surface area contributed by atoms with E-state index in [-0.39, 0.29) is 11.9 Å². The Kier molecular flexibility index (Phi) is 3.99. The van der Waals surface area contributed by atoms with Gasteiger partial charge in [-0.2, -0.15) is 4.98 Å². The van der Waals surface area contributed by atoms with Crippen molar-refractivity contribution in [2.24, 2.45) is 0 Å². The third kappa shape index (κ3) is 3.33. The molecule has 6 heteroatoms. The normalized spacial score (nSPS) is 12.6. The molecular weight excluding hydrogens is 235 g/mol. The van der Waals surface area contributed by atoms with Crippen LogP contribution in [-0.4, -0.2) is 21.7 Å². The number of aryl methyl sites for hydroxylation is 1. The van der Waals surface area contributed by atoms with Gasteiger partial charge in [-0.15, -0.1) is 0 Å². The highest BCUT2D eigenvalue weighted by Crippen LogP contribution is 2.09. The van der Waals surface area contributed by atoms with Crippen molar-refractivity contribution < 1.29 is 8.91 Å². The largest absolute Gasteiger partial charge is 0.340 e. The maximum Gasteiger partial charge on any atom is 0.223 e. The predicted molar refractivity (Wildman–Crippen MR) is 63.4 cm³/mol. The van der Waals surface area contributed by atoms with Crippen LogP contribution >= 0.6 is 0 Å². The van der Waals surface area contributed by atoms with E-state index >= 15 is 0 Å². The quantitative estimate of drug-likeness (QED) is 0.876. The van der Waals surface area contributed by atoms with Crippen LogP contribution < -0.4 is 5.32 Å². The Labute approximate surface area is 104 Å². The molecule has 2 aromatic rings. The van der Waals surface area contributed by atoms with Crippen molar-refractivity contribution in [2.75, 3.05) is 6.54 Å². The molecule has 1 N–H and O–H groups in total. The van der Waals surface area contributed by atoms with E-state index < -0.39 is 0 Å². The van der Waals surface area contributed by atoms with Crippen LogP contribution in [0.3, 0.4) is 0 Å². The van der Waals surface area contributed by atoms with Crippen LogP contribution in [0.25, 0.3) is 0 Å². The Morgan fingerprint density at radius 2 is 2.28 bits per heavy atom. The van der Waals surface area contributed by atoms with Crippen molar-refractivity contribution in [3.63, 3.8) is 0 Å². The number of hydrogen-bond acceptors (Lipinski definition) is 5. The first-order valence-corrected chi connectivity index (χ1v) is 5.79. The van der Waals surface area contributed by atoms with Crippen LogP contribution in [0, 0.1) is 12.7 Å². The van der Waals surface area contributed by atoms with Gasteiger partial charge >= 0.3 is 0 Å². The summed E-state index contributed by atoms with van der Waals surface area (Å²) in [5.41, 5.74) is 0.806. The monoisotopic (exact) mass is 250 g/mol. The highest BCUT2D eigenvalue weighted by Gasteiger charge is 2.07. The number of halogens is 1. The molecule has 2 heterocycles. The number of aromatic nitrogens is 3. The molecule has 0 aliphatic heterocycles. The van der Waals surface area contributed by atoms with E-state index in [1.54, 1.807) is 13.0 Å². The van der Waals surface area contributed by atoms with Gasteiger partial charge in [0, 0.05) is 25.9 Å². The lowest BCUT2D eigenvalue weighted by Gasteiger charge is -2.12. The Bertz CT molecular complexity index is 497. The van der Waals surface area contributed by atoms with Gasteiger partial charge in [-0.3, -0.25) is 4.98 Å². The minimum Gasteiger partial charge on any atom is -0.340 e. The third-order valence-corrected chi connectivity index (χ3v) is 2.56. The molecular formula is C12H15FN4O. The molecule has 0 saturated carbocycles. The van der Waals surface area contributed by atoms with Gasteiger partial charge in [0.15, 0.2) is 5.82 Å². The van der Waals surface area contributed by atoms with E-state index in [2.05, 4.69) is 20.4 Å². The standard InChI is InChI=1S/C12H15FN4O/c1-8(11-4-3-10(13)7-15-11)14-6-5-12-16-9(2)18-17-12/h3-4,7-8,14H,5-6H2,1-2H3. The Balaban J connectivity index is 1.81. The summed E-state index contributed by atoms with van der Waals surface area (Å²) in [5, 5.41) is 7.08. The molecule has 2 aromatic heterocycles. The van der Waals surface area contributed by atoms with Crippen LogP contribution in [0.15, 0.2) is 22.9 Å². The molecule has 0 spiro atoms. The molecule has 0 saturated heterocycles. The second-order valence-corrected chi connectivity index (χ2v) is 4.06. The summed E-state index contributed by atoms with van der Waals surface area (Å²) >= 11 is 0. The second-order valence-electron chi connectivity index (χ2n) is 4.06. The summed E-state index contributed by atoms with van der Waals surface area (Å²) in [6.45, 7) is 4.44. The molecule has 96 valence electrons. The molecule has 2 rings (SSSR count). The van der Waals surface area contributed by atoms with Gasteiger partial charge in [0.25, 0.3) is 0 Å². The summed E-state index contributed by atoms with van der Waals surface area (Å²) in [4.78, 5) is 8.13. The van der Waals surface area contributed by atoms with Crippen LogP contribution in [0.2, 0.25) is 0 Å². The maximum absolute atomic E-state index is 12.7. The van der Waals surface area contributed by atoms with Crippen LogP contribution in [0.1, 0.15) is 30.4 Å². The van der Waals surface area contributed by atoms with Gasteiger partial charge in [0.1, 0.15) is 5.82 Å². The van der Waals surface area contributed by atoms with Crippen LogP contribution in [0.4, 0.5) is 4.39 Å². The predicted octanol–water partition coefficient (Wildman–Crippen LogP) is 1.81. The van der Waals surface area contributed by atoms with E-state index in [4.69, 9.17) is 4.52 Å². The fourth-order valence-corrected chi connectivity index (χ4v) is 1.59. The number of nitrogens with one attached hydrogen (secondary N) is 1. The summed E-state index contributed by atoms with van der Waals surface area (Å²) in [5.74, 6) is 0.922. The molecule has 0 aliphatic rings. The average Bonchev–Trinajstić information content (AvgIpc) is 2.76. The lowest BCUT2D eigenvalue weighted by atomic mass is 10.2. The first kappa shape index (κ1) is 12.6. The Hall–Kier alpha value is -1.82. The maximum atomic E-state index is 12.7. The zero-order valence-electron chi connectivity index (χ0n) is 10.4. The van der Waals surface area contributed by atoms with E-state index in [9.17, 15) is 4.39 Å². The van der Waals surface area contributed by atoms with E-state index in [1.807, 2.05) is 6.92 Å². The van der Waals surface area contributed by atoms with E-state index in [1.165, 1.54) is 12.3 Å². The second kappa shape index (κ2) is 5.68. The van der Waals surface area contributed by atoms with Crippen molar-refractivity contribution in [1.82, 2.24) is 20.4 Å². The van der Waals surface area contributed by atoms with Gasteiger partial charge < -0.3 is 9.84 Å². The van der Waals surface area contributed by atoms with Gasteiger partial charge in [-0.25, -0.2) is 4.39 Å². The zero-order valence-corrected chi connectivity index (χ0v) is 10.4. The van der Waals surface area contributed by atoms with Crippen LogP contribution in [0.5, 0.6) is 0 Å². The van der Waals surface area contributed by atoms with E-state index in [0.29, 0.717) is 24.7 Å². The molecule has 18 heavy (non-hydrogen) atoms. The van der Waals surface area contributed by atoms with Gasteiger partial charge in [0.2, 0.25) is 5.89 Å². The van der Waals surface area contributed by atoms with Gasteiger partial charge in [-0.05, 0) is 19.1 Å². The molecule has 0 amide bonds. The SMILES string of the molecule is Cc1nc(CCNC(C)c2ccc(F)cn2)no1. The molecule has 1 atom stereocenters. The number of nitrogens with zero attached hydrogens (tertiary/aromatic N) is 3. The van der Waals surface area contributed by atoms with E-state index in [0.717, 1.165) is 5.69 Å².